The summed E-state index contributed by atoms with van der Waals surface area (Å²) in [7, 11) is 0. The Bertz CT molecular complexity index is 1030. The fraction of sp³-hybridized carbons (Fsp3) is 0.250. The Hall–Kier alpha value is -2.14. The molecule has 1 aliphatic heterocycles. The van der Waals surface area contributed by atoms with Crippen LogP contribution in [0.3, 0.4) is 0 Å². The topological polar surface area (TPSA) is 6.48 Å². The molecule has 2 unspecified atom stereocenters. The molecule has 156 valence electrons. The molecular weight excluding hydrogens is 425 g/mol. The number of halogens is 4. The van der Waals surface area contributed by atoms with Gasteiger partial charge < -0.3 is 4.90 Å². The van der Waals surface area contributed by atoms with Crippen molar-refractivity contribution in [1.29, 1.82) is 0 Å². The van der Waals surface area contributed by atoms with Gasteiger partial charge in [-0.1, -0.05) is 59.6 Å². The van der Waals surface area contributed by atoms with Crippen LogP contribution in [0.1, 0.15) is 24.1 Å². The van der Waals surface area contributed by atoms with Crippen molar-refractivity contribution in [2.24, 2.45) is 0 Å². The number of nitrogens with zero attached hydrogens (tertiary/aromatic N) is 2. The first-order valence-electron chi connectivity index (χ1n) is 9.88. The predicted octanol–water partition coefficient (Wildman–Crippen LogP) is 6.72. The highest BCUT2D eigenvalue weighted by Gasteiger charge is 2.35. The van der Waals surface area contributed by atoms with Crippen LogP contribution in [0.15, 0.2) is 66.7 Å². The lowest BCUT2D eigenvalue weighted by Gasteiger charge is -2.48. The summed E-state index contributed by atoms with van der Waals surface area (Å²) in [5, 5.41) is 1.22. The minimum absolute atomic E-state index is 0.0453. The summed E-state index contributed by atoms with van der Waals surface area (Å²) in [5.74, 6) is -1.64. The van der Waals surface area contributed by atoms with Gasteiger partial charge in [-0.3, -0.25) is 4.90 Å². The summed E-state index contributed by atoms with van der Waals surface area (Å²) in [6.45, 7) is 4.22. The summed E-state index contributed by atoms with van der Waals surface area (Å²) in [5.41, 5.74) is 2.87. The second-order valence-electron chi connectivity index (χ2n) is 7.60. The Balaban J connectivity index is 1.67. The molecule has 0 bridgehead atoms. The van der Waals surface area contributed by atoms with Crippen molar-refractivity contribution < 1.29 is 8.78 Å². The van der Waals surface area contributed by atoms with Gasteiger partial charge in [0.15, 0.2) is 11.6 Å². The van der Waals surface area contributed by atoms with Crippen molar-refractivity contribution in [3.8, 4) is 0 Å². The molecule has 1 heterocycles. The van der Waals surface area contributed by atoms with Crippen LogP contribution < -0.4 is 4.90 Å². The van der Waals surface area contributed by atoms with E-state index in [2.05, 4.69) is 28.9 Å². The maximum Gasteiger partial charge on any atom is 0.159 e. The maximum atomic E-state index is 13.7. The van der Waals surface area contributed by atoms with Gasteiger partial charge >= 0.3 is 0 Å². The Labute approximate surface area is 185 Å². The normalized spacial score (nSPS) is 19.8. The van der Waals surface area contributed by atoms with E-state index in [4.69, 9.17) is 23.2 Å². The third-order valence-electron chi connectivity index (χ3n) is 5.73. The summed E-state index contributed by atoms with van der Waals surface area (Å²) in [6.07, 6.45) is 0. The molecule has 0 aliphatic carbocycles. The number of anilines is 1. The Kier molecular flexibility index (Phi) is 6.28. The van der Waals surface area contributed by atoms with Crippen LogP contribution in [0, 0.1) is 11.6 Å². The van der Waals surface area contributed by atoms with Gasteiger partial charge in [0, 0.05) is 30.7 Å². The van der Waals surface area contributed by atoms with Crippen molar-refractivity contribution in [3.63, 3.8) is 0 Å². The minimum Gasteiger partial charge on any atom is -0.360 e. The van der Waals surface area contributed by atoms with E-state index < -0.39 is 11.6 Å². The van der Waals surface area contributed by atoms with Crippen LogP contribution >= 0.6 is 23.2 Å². The number of rotatable bonds is 4. The fourth-order valence-electron chi connectivity index (χ4n) is 4.23. The molecule has 0 spiro atoms. The molecule has 3 aromatic rings. The first-order valence-corrected chi connectivity index (χ1v) is 10.6. The first-order chi connectivity index (χ1) is 14.4. The molecule has 0 radical (unpaired) electrons. The largest absolute Gasteiger partial charge is 0.360 e. The second-order valence-corrected chi connectivity index (χ2v) is 8.45. The molecule has 4 rings (SSSR count). The van der Waals surface area contributed by atoms with E-state index in [9.17, 15) is 8.78 Å². The average molecular weight is 447 g/mol. The molecule has 3 aromatic carbocycles. The highest BCUT2D eigenvalue weighted by molar-refractivity contribution is 6.36. The van der Waals surface area contributed by atoms with Gasteiger partial charge in [-0.25, -0.2) is 8.78 Å². The average Bonchev–Trinajstić information content (AvgIpc) is 2.73. The molecule has 0 aromatic heterocycles. The van der Waals surface area contributed by atoms with Crippen LogP contribution in [0.2, 0.25) is 10.0 Å². The molecule has 2 atom stereocenters. The van der Waals surface area contributed by atoms with Gasteiger partial charge in [-0.2, -0.15) is 0 Å². The second kappa shape index (κ2) is 8.93. The molecule has 6 heteroatoms. The van der Waals surface area contributed by atoms with E-state index in [1.807, 2.05) is 30.3 Å². The lowest BCUT2D eigenvalue weighted by Crippen LogP contribution is -2.53. The third-order valence-corrected chi connectivity index (χ3v) is 6.26. The van der Waals surface area contributed by atoms with Crippen molar-refractivity contribution >= 4 is 28.9 Å². The highest BCUT2D eigenvalue weighted by Crippen LogP contribution is 2.39. The van der Waals surface area contributed by atoms with Crippen LogP contribution in [0.25, 0.3) is 0 Å². The number of hydrogen-bond acceptors (Lipinski definition) is 2. The molecule has 2 nitrogen and oxygen atoms in total. The summed E-state index contributed by atoms with van der Waals surface area (Å²) in [6, 6.07) is 20.1. The van der Waals surface area contributed by atoms with Gasteiger partial charge in [0.2, 0.25) is 0 Å². The minimum atomic E-state index is -0.823. The number of hydrogen-bond donors (Lipinski definition) is 0. The van der Waals surface area contributed by atoms with E-state index in [-0.39, 0.29) is 12.1 Å². The van der Waals surface area contributed by atoms with Gasteiger partial charge in [0.05, 0.1) is 16.8 Å². The van der Waals surface area contributed by atoms with Gasteiger partial charge in [0.25, 0.3) is 0 Å². The van der Waals surface area contributed by atoms with E-state index in [0.29, 0.717) is 16.6 Å². The molecule has 0 N–H and O–H groups in total. The summed E-state index contributed by atoms with van der Waals surface area (Å²) in [4.78, 5) is 4.60. The molecule has 1 fully saturated rings. The lowest BCUT2D eigenvalue weighted by atomic mass is 9.93. The van der Waals surface area contributed by atoms with Crippen LogP contribution in [-0.4, -0.2) is 24.0 Å². The zero-order valence-electron chi connectivity index (χ0n) is 16.5. The monoisotopic (exact) mass is 446 g/mol. The Morgan fingerprint density at radius 2 is 1.67 bits per heavy atom. The van der Waals surface area contributed by atoms with Crippen molar-refractivity contribution in [2.45, 2.75) is 25.6 Å². The SMILES string of the molecule is CC1C(c2ccccc2)N(c2ccc(Cl)cc2Cl)CCN1Cc1ccc(F)c(F)c1. The molecule has 0 saturated carbocycles. The fourth-order valence-corrected chi connectivity index (χ4v) is 4.74. The highest BCUT2D eigenvalue weighted by atomic mass is 35.5. The van der Waals surface area contributed by atoms with Crippen LogP contribution in [-0.2, 0) is 6.54 Å². The van der Waals surface area contributed by atoms with Crippen LogP contribution in [0.5, 0.6) is 0 Å². The van der Waals surface area contributed by atoms with Crippen molar-refractivity contribution in [2.75, 3.05) is 18.0 Å². The number of benzene rings is 3. The smallest absolute Gasteiger partial charge is 0.159 e. The van der Waals surface area contributed by atoms with Crippen molar-refractivity contribution in [3.05, 3.63) is 99.5 Å². The predicted molar refractivity (Wildman–Crippen MR) is 119 cm³/mol. The lowest BCUT2D eigenvalue weighted by molar-refractivity contribution is 0.144. The Morgan fingerprint density at radius 3 is 2.37 bits per heavy atom. The standard InChI is InChI=1S/C24H22Cl2F2N2/c1-16-24(18-5-3-2-4-6-18)30(23-10-8-19(25)14-20(23)26)12-11-29(16)15-17-7-9-21(27)22(28)13-17/h2-10,13-14,16,24H,11-12,15H2,1H3. The van der Waals surface area contributed by atoms with Gasteiger partial charge in [-0.05, 0) is 48.4 Å². The maximum absolute atomic E-state index is 13.7. The van der Waals surface area contributed by atoms with Gasteiger partial charge in [-0.15, -0.1) is 0 Å². The first kappa shape index (κ1) is 21.1. The van der Waals surface area contributed by atoms with E-state index in [1.165, 1.54) is 17.7 Å². The van der Waals surface area contributed by atoms with E-state index >= 15 is 0 Å². The summed E-state index contributed by atoms with van der Waals surface area (Å²) >= 11 is 12.7. The molecule has 30 heavy (non-hydrogen) atoms. The zero-order valence-corrected chi connectivity index (χ0v) is 18.0. The Morgan fingerprint density at radius 1 is 0.900 bits per heavy atom. The zero-order chi connectivity index (χ0) is 21.3. The third kappa shape index (κ3) is 4.31. The van der Waals surface area contributed by atoms with E-state index in [1.54, 1.807) is 12.1 Å². The van der Waals surface area contributed by atoms with Crippen LogP contribution in [0.4, 0.5) is 14.5 Å². The molecule has 0 amide bonds. The number of piperazine rings is 1. The van der Waals surface area contributed by atoms with Crippen molar-refractivity contribution in [1.82, 2.24) is 4.90 Å². The quantitative estimate of drug-likeness (QED) is 0.438. The molecular formula is C24H22Cl2F2N2. The summed E-state index contributed by atoms with van der Waals surface area (Å²) < 4.78 is 27.0. The van der Waals surface area contributed by atoms with Gasteiger partial charge in [0.1, 0.15) is 0 Å². The van der Waals surface area contributed by atoms with E-state index in [0.717, 1.165) is 24.3 Å². The molecule has 1 saturated heterocycles. The molecule has 1 aliphatic rings.